The monoisotopic (exact) mass is 224 g/mol. The lowest BCUT2D eigenvalue weighted by atomic mass is 10.1. The highest BCUT2D eigenvalue weighted by molar-refractivity contribution is 7.05. The first-order valence-electron chi connectivity index (χ1n) is 4.30. The second kappa shape index (κ2) is 4.43. The Bertz CT molecular complexity index is 431. The number of benzene rings is 1. The van der Waals surface area contributed by atoms with Crippen molar-refractivity contribution < 1.29 is 4.39 Å². The van der Waals surface area contributed by atoms with E-state index in [0.717, 1.165) is 10.4 Å². The van der Waals surface area contributed by atoms with E-state index in [1.807, 2.05) is 0 Å². The lowest BCUT2D eigenvalue weighted by Crippen LogP contribution is -2.28. The minimum atomic E-state index is -0.287. The fourth-order valence-corrected chi connectivity index (χ4v) is 1.92. The van der Waals surface area contributed by atoms with Crippen molar-refractivity contribution in [3.05, 3.63) is 46.7 Å². The quantitative estimate of drug-likeness (QED) is 0.608. The highest BCUT2D eigenvalue weighted by Gasteiger charge is 2.14. The van der Waals surface area contributed by atoms with Crippen LogP contribution in [0.25, 0.3) is 0 Å². The van der Waals surface area contributed by atoms with Crippen LogP contribution in [0.3, 0.4) is 0 Å². The van der Waals surface area contributed by atoms with Crippen LogP contribution in [0.1, 0.15) is 16.5 Å². The molecule has 0 bridgehead atoms. The molecule has 0 radical (unpaired) electrons. The summed E-state index contributed by atoms with van der Waals surface area (Å²) in [6.07, 6.45) is 1.61. The van der Waals surface area contributed by atoms with Crippen LogP contribution in [0.4, 0.5) is 4.39 Å². The average molecular weight is 224 g/mol. The summed E-state index contributed by atoms with van der Waals surface area (Å²) >= 11 is 1.23. The SMILES string of the molecule is NNC(c1cccc(F)c1)c1cnns1. The van der Waals surface area contributed by atoms with Gasteiger partial charge in [-0.3, -0.25) is 5.84 Å². The molecule has 2 aromatic rings. The molecule has 0 aliphatic heterocycles. The Morgan fingerprint density at radius 1 is 1.47 bits per heavy atom. The van der Waals surface area contributed by atoms with Gasteiger partial charge in [-0.25, -0.2) is 9.82 Å². The zero-order valence-corrected chi connectivity index (χ0v) is 8.54. The molecule has 78 valence electrons. The highest BCUT2D eigenvalue weighted by atomic mass is 32.1. The number of rotatable bonds is 3. The lowest BCUT2D eigenvalue weighted by molar-refractivity contribution is 0.608. The third kappa shape index (κ3) is 2.17. The molecule has 0 aliphatic carbocycles. The van der Waals surface area contributed by atoms with Gasteiger partial charge in [0.2, 0.25) is 0 Å². The summed E-state index contributed by atoms with van der Waals surface area (Å²) in [5, 5.41) is 3.72. The van der Waals surface area contributed by atoms with Crippen molar-refractivity contribution in [1.29, 1.82) is 0 Å². The molecule has 0 amide bonds. The number of aromatic nitrogens is 2. The van der Waals surface area contributed by atoms with Crippen molar-refractivity contribution >= 4 is 11.5 Å². The van der Waals surface area contributed by atoms with Crippen LogP contribution in [0.15, 0.2) is 30.5 Å². The maximum Gasteiger partial charge on any atom is 0.123 e. The van der Waals surface area contributed by atoms with Gasteiger partial charge in [0.25, 0.3) is 0 Å². The Morgan fingerprint density at radius 3 is 2.93 bits per heavy atom. The summed E-state index contributed by atoms with van der Waals surface area (Å²) in [6.45, 7) is 0. The number of halogens is 1. The maximum atomic E-state index is 13.0. The number of nitrogens with zero attached hydrogens (tertiary/aromatic N) is 2. The topological polar surface area (TPSA) is 63.8 Å². The van der Waals surface area contributed by atoms with Crippen molar-refractivity contribution in [3.8, 4) is 0 Å². The van der Waals surface area contributed by atoms with Crippen molar-refractivity contribution in [1.82, 2.24) is 15.0 Å². The van der Waals surface area contributed by atoms with Crippen LogP contribution >= 0.6 is 11.5 Å². The van der Waals surface area contributed by atoms with Gasteiger partial charge in [-0.2, -0.15) is 0 Å². The third-order valence-electron chi connectivity index (χ3n) is 2.01. The van der Waals surface area contributed by atoms with Crippen LogP contribution in [-0.2, 0) is 0 Å². The first kappa shape index (κ1) is 10.2. The summed E-state index contributed by atoms with van der Waals surface area (Å²) in [5.41, 5.74) is 3.36. The molecule has 0 saturated carbocycles. The van der Waals surface area contributed by atoms with E-state index in [1.54, 1.807) is 18.3 Å². The lowest BCUT2D eigenvalue weighted by Gasteiger charge is -2.13. The summed E-state index contributed by atoms with van der Waals surface area (Å²) in [7, 11) is 0. The molecule has 0 saturated heterocycles. The number of nitrogens with one attached hydrogen (secondary N) is 1. The zero-order chi connectivity index (χ0) is 10.7. The zero-order valence-electron chi connectivity index (χ0n) is 7.72. The predicted molar refractivity (Wildman–Crippen MR) is 55.5 cm³/mol. The van der Waals surface area contributed by atoms with E-state index in [4.69, 9.17) is 5.84 Å². The molecule has 1 aromatic carbocycles. The molecule has 0 fully saturated rings. The van der Waals surface area contributed by atoms with Gasteiger partial charge in [-0.1, -0.05) is 16.6 Å². The third-order valence-corrected chi connectivity index (χ3v) is 2.74. The summed E-state index contributed by atoms with van der Waals surface area (Å²) < 4.78 is 16.8. The minimum absolute atomic E-state index is 0.263. The largest absolute Gasteiger partial charge is 0.271 e. The van der Waals surface area contributed by atoms with Gasteiger partial charge in [-0.15, -0.1) is 5.10 Å². The van der Waals surface area contributed by atoms with Gasteiger partial charge in [0.1, 0.15) is 5.82 Å². The molecule has 4 nitrogen and oxygen atoms in total. The summed E-state index contributed by atoms with van der Waals surface area (Å²) in [5.74, 6) is 5.14. The molecule has 0 spiro atoms. The van der Waals surface area contributed by atoms with E-state index in [-0.39, 0.29) is 11.9 Å². The number of hydrogen-bond acceptors (Lipinski definition) is 5. The molecule has 1 atom stereocenters. The van der Waals surface area contributed by atoms with E-state index < -0.39 is 0 Å². The summed E-state index contributed by atoms with van der Waals surface area (Å²) in [4.78, 5) is 0.850. The Morgan fingerprint density at radius 2 is 2.33 bits per heavy atom. The van der Waals surface area contributed by atoms with E-state index >= 15 is 0 Å². The minimum Gasteiger partial charge on any atom is -0.271 e. The van der Waals surface area contributed by atoms with Crippen LogP contribution in [-0.4, -0.2) is 9.59 Å². The maximum absolute atomic E-state index is 13.0. The van der Waals surface area contributed by atoms with Crippen LogP contribution < -0.4 is 11.3 Å². The molecule has 3 N–H and O–H groups in total. The van der Waals surface area contributed by atoms with E-state index in [9.17, 15) is 4.39 Å². The molecule has 15 heavy (non-hydrogen) atoms. The Hall–Kier alpha value is -1.37. The smallest absolute Gasteiger partial charge is 0.123 e. The molecule has 1 heterocycles. The van der Waals surface area contributed by atoms with Gasteiger partial charge in [-0.05, 0) is 29.2 Å². The van der Waals surface area contributed by atoms with Gasteiger partial charge in [0.15, 0.2) is 0 Å². The van der Waals surface area contributed by atoms with Crippen molar-refractivity contribution in [2.24, 2.45) is 5.84 Å². The van der Waals surface area contributed by atoms with Crippen molar-refractivity contribution in [2.45, 2.75) is 6.04 Å². The number of hydrogen-bond donors (Lipinski definition) is 2. The fourth-order valence-electron chi connectivity index (χ4n) is 1.33. The second-order valence-corrected chi connectivity index (χ2v) is 3.79. The molecular weight excluding hydrogens is 215 g/mol. The molecule has 2 rings (SSSR count). The van der Waals surface area contributed by atoms with Crippen molar-refractivity contribution in [3.63, 3.8) is 0 Å². The number of nitrogens with two attached hydrogens (primary N) is 1. The predicted octanol–water partition coefficient (Wildman–Crippen LogP) is 1.23. The van der Waals surface area contributed by atoms with Crippen molar-refractivity contribution in [2.75, 3.05) is 0 Å². The average Bonchev–Trinajstić information content (AvgIpc) is 2.72. The normalized spacial score (nSPS) is 12.7. The Labute approximate surface area is 90.1 Å². The Kier molecular flexibility index (Phi) is 3.00. The van der Waals surface area contributed by atoms with E-state index in [1.165, 1.54) is 23.7 Å². The molecule has 1 aromatic heterocycles. The van der Waals surface area contributed by atoms with Crippen LogP contribution in [0.5, 0.6) is 0 Å². The van der Waals surface area contributed by atoms with Crippen LogP contribution in [0.2, 0.25) is 0 Å². The van der Waals surface area contributed by atoms with E-state index in [2.05, 4.69) is 15.0 Å². The summed E-state index contributed by atoms with van der Waals surface area (Å²) in [6, 6.07) is 6.00. The van der Waals surface area contributed by atoms with Gasteiger partial charge in [0, 0.05) is 0 Å². The Balaban J connectivity index is 2.35. The van der Waals surface area contributed by atoms with Gasteiger partial charge in [0.05, 0.1) is 17.1 Å². The first-order chi connectivity index (χ1) is 7.31. The highest BCUT2D eigenvalue weighted by Crippen LogP contribution is 2.23. The standard InChI is InChI=1S/C9H9FN4S/c10-7-3-1-2-6(4-7)9(13-11)8-5-12-14-15-8/h1-5,9,13H,11H2. The fraction of sp³-hybridized carbons (Fsp3) is 0.111. The molecular formula is C9H9FN4S. The van der Waals surface area contributed by atoms with Crippen LogP contribution in [0, 0.1) is 5.82 Å². The molecule has 0 aliphatic rings. The second-order valence-electron chi connectivity index (χ2n) is 2.97. The van der Waals surface area contributed by atoms with Gasteiger partial charge >= 0.3 is 0 Å². The molecule has 1 unspecified atom stereocenters. The molecule has 6 heteroatoms. The van der Waals surface area contributed by atoms with Gasteiger partial charge < -0.3 is 0 Å². The first-order valence-corrected chi connectivity index (χ1v) is 5.07. The number of hydrazine groups is 1. The van der Waals surface area contributed by atoms with E-state index in [0.29, 0.717) is 0 Å².